The zero-order valence-electron chi connectivity index (χ0n) is 16.0. The van der Waals surface area contributed by atoms with Crippen LogP contribution in [0.15, 0.2) is 54.6 Å². The molecule has 0 fully saturated rings. The van der Waals surface area contributed by atoms with Gasteiger partial charge in [0.25, 0.3) is 5.91 Å². The second kappa shape index (κ2) is 9.08. The molecule has 2 aromatic carbocycles. The van der Waals surface area contributed by atoms with Gasteiger partial charge in [-0.05, 0) is 23.8 Å². The van der Waals surface area contributed by atoms with Crippen LogP contribution in [0.2, 0.25) is 0 Å². The van der Waals surface area contributed by atoms with Gasteiger partial charge in [0.1, 0.15) is 0 Å². The number of hydrogen-bond donors (Lipinski definition) is 0. The van der Waals surface area contributed by atoms with Crippen molar-refractivity contribution in [2.45, 2.75) is 12.5 Å². The van der Waals surface area contributed by atoms with Crippen molar-refractivity contribution in [2.75, 3.05) is 27.3 Å². The first kappa shape index (κ1) is 19.5. The minimum Gasteiger partial charge on any atom is -0.490 e. The van der Waals surface area contributed by atoms with Crippen LogP contribution < -0.4 is 9.47 Å². The van der Waals surface area contributed by atoms with Gasteiger partial charge in [-0.25, -0.2) is 4.79 Å². The highest BCUT2D eigenvalue weighted by Crippen LogP contribution is 2.30. The molecule has 2 aromatic rings. The molecule has 146 valence electrons. The Morgan fingerprint density at radius 3 is 2.46 bits per heavy atom. The number of ether oxygens (including phenoxy) is 3. The van der Waals surface area contributed by atoms with Gasteiger partial charge in [-0.15, -0.1) is 0 Å². The summed E-state index contributed by atoms with van der Waals surface area (Å²) in [6, 6.07) is 14.4. The smallest absolute Gasteiger partial charge is 0.331 e. The van der Waals surface area contributed by atoms with E-state index in [9.17, 15) is 9.59 Å². The quantitative estimate of drug-likeness (QED) is 0.588. The van der Waals surface area contributed by atoms with E-state index in [0.717, 1.165) is 12.0 Å². The Labute approximate surface area is 164 Å². The molecular formula is C22H23NO5. The summed E-state index contributed by atoms with van der Waals surface area (Å²) in [7, 11) is 3.25. The number of esters is 1. The van der Waals surface area contributed by atoms with Crippen molar-refractivity contribution in [3.63, 3.8) is 0 Å². The number of benzene rings is 2. The van der Waals surface area contributed by atoms with Crippen LogP contribution in [0.1, 0.15) is 23.7 Å². The third kappa shape index (κ3) is 4.91. The Bertz CT molecular complexity index is 860. The van der Waals surface area contributed by atoms with Crippen LogP contribution in [-0.4, -0.2) is 44.1 Å². The van der Waals surface area contributed by atoms with Crippen molar-refractivity contribution in [1.29, 1.82) is 0 Å². The lowest BCUT2D eigenvalue weighted by Crippen LogP contribution is -2.30. The Kier molecular flexibility index (Phi) is 6.32. The predicted octanol–water partition coefficient (Wildman–Crippen LogP) is 3.23. The van der Waals surface area contributed by atoms with E-state index in [0.29, 0.717) is 30.3 Å². The zero-order chi connectivity index (χ0) is 19.9. The Hall–Kier alpha value is -3.28. The molecule has 0 saturated heterocycles. The van der Waals surface area contributed by atoms with Gasteiger partial charge in [0.2, 0.25) is 6.10 Å². The molecule has 0 aromatic heterocycles. The van der Waals surface area contributed by atoms with Crippen LogP contribution in [0, 0.1) is 0 Å². The van der Waals surface area contributed by atoms with Crippen LogP contribution in [0.5, 0.6) is 11.5 Å². The summed E-state index contributed by atoms with van der Waals surface area (Å²) in [4.78, 5) is 26.2. The lowest BCUT2D eigenvalue weighted by molar-refractivity contribution is -0.155. The van der Waals surface area contributed by atoms with Crippen LogP contribution in [0.4, 0.5) is 0 Å². The maximum Gasteiger partial charge on any atom is 0.331 e. The van der Waals surface area contributed by atoms with Crippen molar-refractivity contribution in [2.24, 2.45) is 0 Å². The standard InChI is InChI=1S/C22H23NO5/c1-23(2)22(25)21(17-7-4-3-5-8-17)28-20(24)12-10-16-9-11-18-19(15-16)27-14-6-13-26-18/h3-5,7-12,15,21H,6,13-14H2,1-2H3/b12-10+/t21-/m0/s1. The van der Waals surface area contributed by atoms with E-state index in [4.69, 9.17) is 14.2 Å². The monoisotopic (exact) mass is 381 g/mol. The molecule has 0 radical (unpaired) electrons. The summed E-state index contributed by atoms with van der Waals surface area (Å²) >= 11 is 0. The highest BCUT2D eigenvalue weighted by Gasteiger charge is 2.25. The minimum absolute atomic E-state index is 0.302. The molecule has 1 heterocycles. The molecule has 0 bridgehead atoms. The third-order valence-corrected chi connectivity index (χ3v) is 4.18. The number of hydrogen-bond acceptors (Lipinski definition) is 5. The summed E-state index contributed by atoms with van der Waals surface area (Å²) in [6.45, 7) is 1.21. The first-order chi connectivity index (χ1) is 13.5. The van der Waals surface area contributed by atoms with Gasteiger partial charge in [0.05, 0.1) is 13.2 Å². The van der Waals surface area contributed by atoms with Crippen LogP contribution in [-0.2, 0) is 14.3 Å². The molecule has 0 unspecified atom stereocenters. The number of rotatable bonds is 5. The number of likely N-dealkylation sites (N-methyl/N-ethyl adjacent to an activating group) is 1. The topological polar surface area (TPSA) is 65.1 Å². The lowest BCUT2D eigenvalue weighted by atomic mass is 10.1. The van der Waals surface area contributed by atoms with Crippen LogP contribution in [0.3, 0.4) is 0 Å². The Morgan fingerprint density at radius 1 is 1.04 bits per heavy atom. The third-order valence-electron chi connectivity index (χ3n) is 4.18. The lowest BCUT2D eigenvalue weighted by Gasteiger charge is -2.20. The Morgan fingerprint density at radius 2 is 1.75 bits per heavy atom. The molecule has 0 aliphatic carbocycles. The largest absolute Gasteiger partial charge is 0.490 e. The summed E-state index contributed by atoms with van der Waals surface area (Å²) in [5.41, 5.74) is 1.40. The number of carbonyl (C=O) groups is 2. The SMILES string of the molecule is CN(C)C(=O)[C@@H](OC(=O)/C=C/c1ccc2c(c1)OCCCO2)c1ccccc1. The van der Waals surface area contributed by atoms with E-state index >= 15 is 0 Å². The highest BCUT2D eigenvalue weighted by molar-refractivity contribution is 5.91. The minimum atomic E-state index is -0.989. The molecular weight excluding hydrogens is 358 g/mol. The van der Waals surface area contributed by atoms with E-state index in [-0.39, 0.29) is 5.91 Å². The fourth-order valence-electron chi connectivity index (χ4n) is 2.73. The van der Waals surface area contributed by atoms with Crippen molar-refractivity contribution in [1.82, 2.24) is 4.90 Å². The van der Waals surface area contributed by atoms with Crippen molar-refractivity contribution < 1.29 is 23.8 Å². The first-order valence-electron chi connectivity index (χ1n) is 9.09. The molecule has 3 rings (SSSR count). The highest BCUT2D eigenvalue weighted by atomic mass is 16.5. The summed E-state index contributed by atoms with van der Waals surface area (Å²) in [5, 5.41) is 0. The predicted molar refractivity (Wildman–Crippen MR) is 105 cm³/mol. The Balaban J connectivity index is 1.72. The van der Waals surface area contributed by atoms with E-state index < -0.39 is 12.1 Å². The van der Waals surface area contributed by atoms with Gasteiger partial charge in [0, 0.05) is 32.2 Å². The van der Waals surface area contributed by atoms with Gasteiger partial charge < -0.3 is 19.1 Å². The molecule has 1 atom stereocenters. The normalized spacial score (nSPS) is 14.2. The summed E-state index contributed by atoms with van der Waals surface area (Å²) in [5.74, 6) is 0.440. The fourth-order valence-corrected chi connectivity index (χ4v) is 2.73. The maximum absolute atomic E-state index is 12.4. The number of carbonyl (C=O) groups excluding carboxylic acids is 2. The summed E-state index contributed by atoms with van der Waals surface area (Å²) < 4.78 is 16.7. The van der Waals surface area contributed by atoms with Gasteiger partial charge in [-0.1, -0.05) is 36.4 Å². The molecule has 1 amide bonds. The number of amides is 1. The van der Waals surface area contributed by atoms with Gasteiger partial charge in [0.15, 0.2) is 11.5 Å². The van der Waals surface area contributed by atoms with Gasteiger partial charge >= 0.3 is 5.97 Å². The van der Waals surface area contributed by atoms with Crippen molar-refractivity contribution in [3.8, 4) is 11.5 Å². The average molecular weight is 381 g/mol. The van der Waals surface area contributed by atoms with E-state index in [2.05, 4.69) is 0 Å². The van der Waals surface area contributed by atoms with E-state index in [1.807, 2.05) is 24.3 Å². The van der Waals surface area contributed by atoms with Crippen molar-refractivity contribution >= 4 is 18.0 Å². The second-order valence-corrected chi connectivity index (χ2v) is 6.55. The molecule has 0 spiro atoms. The number of nitrogens with zero attached hydrogens (tertiary/aromatic N) is 1. The van der Waals surface area contributed by atoms with Gasteiger partial charge in [-0.3, -0.25) is 4.79 Å². The first-order valence-corrected chi connectivity index (χ1v) is 9.09. The average Bonchev–Trinajstić information content (AvgIpc) is 2.95. The molecule has 1 aliphatic rings. The van der Waals surface area contributed by atoms with Crippen LogP contribution >= 0.6 is 0 Å². The molecule has 0 saturated carbocycles. The molecule has 6 nitrogen and oxygen atoms in total. The van der Waals surface area contributed by atoms with Gasteiger partial charge in [-0.2, -0.15) is 0 Å². The molecule has 1 aliphatic heterocycles. The maximum atomic E-state index is 12.4. The van der Waals surface area contributed by atoms with Crippen molar-refractivity contribution in [3.05, 3.63) is 65.7 Å². The fraction of sp³-hybridized carbons (Fsp3) is 0.273. The van der Waals surface area contributed by atoms with E-state index in [1.165, 1.54) is 11.0 Å². The number of fused-ring (bicyclic) bond motifs is 1. The van der Waals surface area contributed by atoms with E-state index in [1.54, 1.807) is 44.4 Å². The van der Waals surface area contributed by atoms with Crippen LogP contribution in [0.25, 0.3) is 6.08 Å². The summed E-state index contributed by atoms with van der Waals surface area (Å²) in [6.07, 6.45) is 2.77. The zero-order valence-corrected chi connectivity index (χ0v) is 16.0. The molecule has 0 N–H and O–H groups in total. The molecule has 28 heavy (non-hydrogen) atoms. The molecule has 6 heteroatoms. The second-order valence-electron chi connectivity index (χ2n) is 6.55.